The van der Waals surface area contributed by atoms with E-state index in [2.05, 4.69) is 14.3 Å². The number of piperazine rings is 1. The highest BCUT2D eigenvalue weighted by molar-refractivity contribution is 7.89. The topological polar surface area (TPSA) is 66.4 Å². The van der Waals surface area contributed by atoms with Crippen molar-refractivity contribution in [1.29, 1.82) is 0 Å². The largest absolute Gasteiger partial charge is 0.344 e. The Morgan fingerprint density at radius 1 is 0.926 bits per heavy atom. The Hall–Kier alpha value is -2.29. The van der Waals surface area contributed by atoms with E-state index in [1.54, 1.807) is 16.4 Å². The molecule has 0 bridgehead atoms. The van der Waals surface area contributed by atoms with Crippen molar-refractivity contribution in [2.45, 2.75) is 11.8 Å². The van der Waals surface area contributed by atoms with Crippen LogP contribution in [0.2, 0.25) is 0 Å². The van der Waals surface area contributed by atoms with E-state index in [0.717, 1.165) is 16.3 Å². The number of nitrogens with zero attached hydrogens (tertiary/aromatic N) is 4. The lowest BCUT2D eigenvalue weighted by molar-refractivity contribution is 0.385. The fourth-order valence-electron chi connectivity index (χ4n) is 3.03. The Kier molecular flexibility index (Phi) is 4.94. The summed E-state index contributed by atoms with van der Waals surface area (Å²) in [6.45, 7) is 4.04. The number of hydrogen-bond acceptors (Lipinski definition) is 6. The molecule has 0 unspecified atom stereocenters. The van der Waals surface area contributed by atoms with Crippen LogP contribution in [-0.2, 0) is 10.0 Å². The van der Waals surface area contributed by atoms with E-state index < -0.39 is 10.0 Å². The van der Waals surface area contributed by atoms with Crippen molar-refractivity contribution in [1.82, 2.24) is 13.7 Å². The van der Waals surface area contributed by atoms with Gasteiger partial charge >= 0.3 is 0 Å². The number of aromatic nitrogens is 2. The third kappa shape index (κ3) is 3.73. The first-order valence-electron chi connectivity index (χ1n) is 8.75. The summed E-state index contributed by atoms with van der Waals surface area (Å²) >= 11 is 1.35. The summed E-state index contributed by atoms with van der Waals surface area (Å²) in [5, 5.41) is 0.834. The Labute approximate surface area is 163 Å². The number of hydrogen-bond donors (Lipinski definition) is 0. The quantitative estimate of drug-likeness (QED) is 0.673. The molecule has 2 aromatic carbocycles. The molecule has 1 aromatic heterocycles. The molecule has 0 radical (unpaired) electrons. The minimum atomic E-state index is -3.45. The Morgan fingerprint density at radius 3 is 2.26 bits per heavy atom. The van der Waals surface area contributed by atoms with Crippen molar-refractivity contribution < 1.29 is 8.42 Å². The molecular formula is C19H20N4O2S2. The molecule has 0 amide bonds. The first kappa shape index (κ1) is 18.1. The molecule has 8 heteroatoms. The SMILES string of the molecule is Cc1ccc(S(=O)(=O)N2CCN(c3nc(-c4ccccc4)ns3)CC2)cc1. The zero-order valence-electron chi connectivity index (χ0n) is 14.9. The second-order valence-electron chi connectivity index (χ2n) is 6.47. The van der Waals surface area contributed by atoms with Crippen molar-refractivity contribution in [3.8, 4) is 11.4 Å². The van der Waals surface area contributed by atoms with Crippen LogP contribution >= 0.6 is 11.5 Å². The van der Waals surface area contributed by atoms with Crippen LogP contribution in [0.4, 0.5) is 5.13 Å². The predicted molar refractivity (Wildman–Crippen MR) is 107 cm³/mol. The molecule has 0 aliphatic carbocycles. The smallest absolute Gasteiger partial charge is 0.243 e. The van der Waals surface area contributed by atoms with Crippen molar-refractivity contribution >= 4 is 26.7 Å². The minimum absolute atomic E-state index is 0.351. The van der Waals surface area contributed by atoms with Crippen LogP contribution in [0.1, 0.15) is 5.56 Å². The van der Waals surface area contributed by atoms with Gasteiger partial charge in [-0.25, -0.2) is 8.42 Å². The maximum Gasteiger partial charge on any atom is 0.243 e. The fourth-order valence-corrected chi connectivity index (χ4v) is 5.19. The molecule has 6 nitrogen and oxygen atoms in total. The first-order chi connectivity index (χ1) is 13.0. The van der Waals surface area contributed by atoms with E-state index in [0.29, 0.717) is 36.9 Å². The van der Waals surface area contributed by atoms with E-state index in [9.17, 15) is 8.42 Å². The highest BCUT2D eigenvalue weighted by Gasteiger charge is 2.29. The van der Waals surface area contributed by atoms with Gasteiger partial charge in [-0.15, -0.1) is 0 Å². The van der Waals surface area contributed by atoms with Gasteiger partial charge in [0.1, 0.15) is 0 Å². The highest BCUT2D eigenvalue weighted by atomic mass is 32.2. The Morgan fingerprint density at radius 2 is 1.59 bits per heavy atom. The average Bonchev–Trinajstić information content (AvgIpc) is 3.19. The molecule has 1 fully saturated rings. The van der Waals surface area contributed by atoms with Crippen LogP contribution in [0.15, 0.2) is 59.5 Å². The molecule has 0 spiro atoms. The summed E-state index contributed by atoms with van der Waals surface area (Å²) in [5.74, 6) is 0.713. The number of benzene rings is 2. The molecule has 4 rings (SSSR count). The second-order valence-corrected chi connectivity index (χ2v) is 9.14. The summed E-state index contributed by atoms with van der Waals surface area (Å²) in [4.78, 5) is 7.08. The number of aryl methyl sites for hydroxylation is 1. The molecule has 0 saturated carbocycles. The van der Waals surface area contributed by atoms with Crippen molar-refractivity contribution in [3.63, 3.8) is 0 Å². The number of rotatable bonds is 4. The third-order valence-corrected chi connectivity index (χ3v) is 7.31. The zero-order valence-corrected chi connectivity index (χ0v) is 16.6. The zero-order chi connectivity index (χ0) is 18.9. The molecule has 0 N–H and O–H groups in total. The van der Waals surface area contributed by atoms with Crippen LogP contribution < -0.4 is 4.90 Å². The average molecular weight is 401 g/mol. The monoisotopic (exact) mass is 400 g/mol. The van der Waals surface area contributed by atoms with Gasteiger partial charge in [-0.05, 0) is 19.1 Å². The van der Waals surface area contributed by atoms with Crippen molar-refractivity contribution in [2.75, 3.05) is 31.1 Å². The van der Waals surface area contributed by atoms with Gasteiger partial charge in [0.2, 0.25) is 15.2 Å². The molecule has 1 saturated heterocycles. The molecule has 2 heterocycles. The van der Waals surface area contributed by atoms with Gasteiger partial charge in [-0.2, -0.15) is 13.7 Å². The van der Waals surface area contributed by atoms with Crippen molar-refractivity contribution in [2.24, 2.45) is 0 Å². The maximum atomic E-state index is 12.8. The summed E-state index contributed by atoms with van der Waals surface area (Å²) in [5.41, 5.74) is 2.03. The summed E-state index contributed by atoms with van der Waals surface area (Å²) < 4.78 is 31.6. The molecule has 140 valence electrons. The van der Waals surface area contributed by atoms with Crippen molar-refractivity contribution in [3.05, 3.63) is 60.2 Å². The third-order valence-electron chi connectivity index (χ3n) is 4.62. The van der Waals surface area contributed by atoms with Crippen LogP contribution in [0.25, 0.3) is 11.4 Å². The number of sulfonamides is 1. The van der Waals surface area contributed by atoms with Crippen LogP contribution in [-0.4, -0.2) is 48.3 Å². The summed E-state index contributed by atoms with van der Waals surface area (Å²) in [6.07, 6.45) is 0. The Bertz CT molecular complexity index is 1010. The van der Waals surface area contributed by atoms with E-state index in [4.69, 9.17) is 0 Å². The summed E-state index contributed by atoms with van der Waals surface area (Å²) in [6, 6.07) is 16.9. The summed E-state index contributed by atoms with van der Waals surface area (Å²) in [7, 11) is -3.45. The maximum absolute atomic E-state index is 12.8. The lowest BCUT2D eigenvalue weighted by Gasteiger charge is -2.33. The van der Waals surface area contributed by atoms with E-state index in [1.165, 1.54) is 11.5 Å². The van der Waals surface area contributed by atoms with Gasteiger partial charge < -0.3 is 4.90 Å². The molecule has 0 atom stereocenters. The van der Waals surface area contributed by atoms with Gasteiger partial charge in [0.15, 0.2) is 5.82 Å². The van der Waals surface area contributed by atoms with Gasteiger partial charge in [-0.1, -0.05) is 48.0 Å². The molecule has 1 aliphatic rings. The second kappa shape index (κ2) is 7.38. The van der Waals surface area contributed by atoms with Crippen LogP contribution in [0.3, 0.4) is 0 Å². The highest BCUT2D eigenvalue weighted by Crippen LogP contribution is 2.26. The minimum Gasteiger partial charge on any atom is -0.344 e. The fraction of sp³-hybridized carbons (Fsp3) is 0.263. The standard InChI is InChI=1S/C19H20N4O2S2/c1-15-7-9-17(10-8-15)27(24,25)23-13-11-22(12-14-23)19-20-18(21-26-19)16-5-3-2-4-6-16/h2-10H,11-14H2,1H3. The van der Waals surface area contributed by atoms with E-state index >= 15 is 0 Å². The lowest BCUT2D eigenvalue weighted by Crippen LogP contribution is -2.48. The van der Waals surface area contributed by atoms with E-state index in [-0.39, 0.29) is 0 Å². The molecule has 1 aliphatic heterocycles. The van der Waals surface area contributed by atoms with Gasteiger partial charge in [0, 0.05) is 43.3 Å². The molecule has 3 aromatic rings. The van der Waals surface area contributed by atoms with Gasteiger partial charge in [-0.3, -0.25) is 0 Å². The molecule has 27 heavy (non-hydrogen) atoms. The first-order valence-corrected chi connectivity index (χ1v) is 11.0. The Balaban J connectivity index is 1.45. The predicted octanol–water partition coefficient (Wildman–Crippen LogP) is 3.02. The van der Waals surface area contributed by atoms with E-state index in [1.807, 2.05) is 49.4 Å². The van der Waals surface area contributed by atoms with Gasteiger partial charge in [0.05, 0.1) is 4.90 Å². The van der Waals surface area contributed by atoms with Crippen LogP contribution in [0.5, 0.6) is 0 Å². The lowest BCUT2D eigenvalue weighted by atomic mass is 10.2. The number of anilines is 1. The van der Waals surface area contributed by atoms with Crippen LogP contribution in [0, 0.1) is 6.92 Å². The van der Waals surface area contributed by atoms with Gasteiger partial charge in [0.25, 0.3) is 0 Å². The normalized spacial score (nSPS) is 15.8. The molecular weight excluding hydrogens is 380 g/mol.